The molecule has 4 heteroatoms. The Labute approximate surface area is 97.9 Å². The molecule has 1 aromatic carbocycles. The largest absolute Gasteiger partial charge is 0.416 e. The van der Waals surface area contributed by atoms with Gasteiger partial charge in [-0.15, -0.1) is 0 Å². The predicted octanol–water partition coefficient (Wildman–Crippen LogP) is 3.66. The summed E-state index contributed by atoms with van der Waals surface area (Å²) in [5, 5.41) is 8.62. The number of hydrogen-bond donors (Lipinski definition) is 1. The van der Waals surface area contributed by atoms with Gasteiger partial charge in [-0.1, -0.05) is 35.9 Å². The lowest BCUT2D eigenvalue weighted by atomic mass is 10.1. The molecule has 0 aromatic heterocycles. The van der Waals surface area contributed by atoms with Crippen LogP contribution in [0.25, 0.3) is 6.08 Å². The van der Waals surface area contributed by atoms with E-state index in [0.717, 1.165) is 17.7 Å². The highest BCUT2D eigenvalue weighted by atomic mass is 19.4. The molecule has 0 bridgehead atoms. The van der Waals surface area contributed by atoms with Crippen LogP contribution in [0.15, 0.2) is 42.0 Å². The zero-order valence-corrected chi connectivity index (χ0v) is 9.33. The molecule has 1 nitrogen and oxygen atoms in total. The Hall–Kier alpha value is -1.55. The van der Waals surface area contributed by atoms with E-state index in [1.165, 1.54) is 12.1 Å². The van der Waals surface area contributed by atoms with E-state index in [2.05, 4.69) is 0 Å². The third kappa shape index (κ3) is 4.44. The number of rotatable bonds is 3. The van der Waals surface area contributed by atoms with Crippen molar-refractivity contribution in [2.24, 2.45) is 0 Å². The van der Waals surface area contributed by atoms with Crippen LogP contribution in [0.5, 0.6) is 0 Å². The number of aliphatic hydroxyl groups is 1. The molecule has 0 aliphatic heterocycles. The quantitative estimate of drug-likeness (QED) is 0.802. The maximum absolute atomic E-state index is 12.3. The first-order valence-corrected chi connectivity index (χ1v) is 5.06. The van der Waals surface area contributed by atoms with Crippen molar-refractivity contribution in [3.8, 4) is 0 Å². The van der Waals surface area contributed by atoms with Crippen molar-refractivity contribution >= 4 is 6.08 Å². The van der Waals surface area contributed by atoms with Crippen molar-refractivity contribution in [3.63, 3.8) is 0 Å². The van der Waals surface area contributed by atoms with E-state index in [1.54, 1.807) is 25.2 Å². The van der Waals surface area contributed by atoms with Crippen molar-refractivity contribution in [2.75, 3.05) is 6.61 Å². The van der Waals surface area contributed by atoms with Crippen LogP contribution in [0.4, 0.5) is 13.2 Å². The van der Waals surface area contributed by atoms with Crippen LogP contribution < -0.4 is 0 Å². The lowest BCUT2D eigenvalue weighted by Crippen LogP contribution is -2.03. The van der Waals surface area contributed by atoms with E-state index in [4.69, 9.17) is 5.11 Å². The minimum absolute atomic E-state index is 0.0524. The monoisotopic (exact) mass is 242 g/mol. The highest BCUT2D eigenvalue weighted by molar-refractivity contribution is 5.53. The standard InChI is InChI=1S/C13H13F3O/c1-10(8-9-17)2-3-11-4-6-12(7-5-11)13(14,15)16/h2-8,17H,9H2,1H3. The molecule has 1 aromatic rings. The lowest BCUT2D eigenvalue weighted by molar-refractivity contribution is -0.137. The van der Waals surface area contributed by atoms with E-state index in [0.29, 0.717) is 5.56 Å². The smallest absolute Gasteiger partial charge is 0.392 e. The summed E-state index contributed by atoms with van der Waals surface area (Å²) >= 11 is 0. The molecule has 0 saturated heterocycles. The Kier molecular flexibility index (Phi) is 4.52. The zero-order valence-electron chi connectivity index (χ0n) is 9.33. The normalized spacial score (nSPS) is 13.4. The lowest BCUT2D eigenvalue weighted by Gasteiger charge is -2.05. The molecule has 0 unspecified atom stereocenters. The van der Waals surface area contributed by atoms with Gasteiger partial charge in [0.1, 0.15) is 0 Å². The summed E-state index contributed by atoms with van der Waals surface area (Å²) in [4.78, 5) is 0. The van der Waals surface area contributed by atoms with Gasteiger partial charge in [0.2, 0.25) is 0 Å². The fourth-order valence-electron chi connectivity index (χ4n) is 1.22. The first-order valence-electron chi connectivity index (χ1n) is 5.06. The van der Waals surface area contributed by atoms with Crippen LogP contribution in [0.1, 0.15) is 18.1 Å². The summed E-state index contributed by atoms with van der Waals surface area (Å²) in [5.74, 6) is 0. The molecule has 0 aliphatic rings. The van der Waals surface area contributed by atoms with Crippen LogP contribution >= 0.6 is 0 Å². The van der Waals surface area contributed by atoms with Crippen molar-refractivity contribution in [1.82, 2.24) is 0 Å². The van der Waals surface area contributed by atoms with Gasteiger partial charge in [0.15, 0.2) is 0 Å². The molecule has 0 fully saturated rings. The summed E-state index contributed by atoms with van der Waals surface area (Å²) < 4.78 is 36.8. The van der Waals surface area contributed by atoms with Crippen molar-refractivity contribution in [1.29, 1.82) is 0 Å². The number of aliphatic hydroxyl groups excluding tert-OH is 1. The minimum Gasteiger partial charge on any atom is -0.392 e. The van der Waals surface area contributed by atoms with Crippen LogP contribution in [0.2, 0.25) is 0 Å². The fourth-order valence-corrected chi connectivity index (χ4v) is 1.22. The van der Waals surface area contributed by atoms with Gasteiger partial charge in [0.25, 0.3) is 0 Å². The highest BCUT2D eigenvalue weighted by Crippen LogP contribution is 2.29. The molecular formula is C13H13F3O. The molecule has 17 heavy (non-hydrogen) atoms. The van der Waals surface area contributed by atoms with Gasteiger partial charge in [0.05, 0.1) is 12.2 Å². The Bertz CT molecular complexity index is 413. The van der Waals surface area contributed by atoms with Crippen LogP contribution in [-0.2, 0) is 6.18 Å². The third-order valence-corrected chi connectivity index (χ3v) is 2.19. The van der Waals surface area contributed by atoms with Crippen LogP contribution in [-0.4, -0.2) is 11.7 Å². The first kappa shape index (κ1) is 13.5. The second-order valence-electron chi connectivity index (χ2n) is 3.58. The van der Waals surface area contributed by atoms with Crippen molar-refractivity contribution in [3.05, 3.63) is 53.1 Å². The Balaban J connectivity index is 2.79. The van der Waals surface area contributed by atoms with Gasteiger partial charge in [-0.05, 0) is 24.6 Å². The van der Waals surface area contributed by atoms with E-state index in [1.807, 2.05) is 0 Å². The second-order valence-corrected chi connectivity index (χ2v) is 3.58. The van der Waals surface area contributed by atoms with E-state index in [-0.39, 0.29) is 6.61 Å². The molecule has 1 rings (SSSR count). The molecule has 0 atom stereocenters. The number of halogens is 3. The average molecular weight is 242 g/mol. The molecule has 0 spiro atoms. The van der Waals surface area contributed by atoms with Gasteiger partial charge in [-0.3, -0.25) is 0 Å². The topological polar surface area (TPSA) is 20.2 Å². The van der Waals surface area contributed by atoms with Gasteiger partial charge in [0, 0.05) is 0 Å². The van der Waals surface area contributed by atoms with Gasteiger partial charge in [-0.2, -0.15) is 13.2 Å². The summed E-state index contributed by atoms with van der Waals surface area (Å²) in [6, 6.07) is 4.91. The molecule has 1 N–H and O–H groups in total. The van der Waals surface area contributed by atoms with Gasteiger partial charge in [-0.25, -0.2) is 0 Å². The summed E-state index contributed by atoms with van der Waals surface area (Å²) in [6.07, 6.45) is 0.746. The van der Waals surface area contributed by atoms with Gasteiger partial charge >= 0.3 is 6.18 Å². The fraction of sp³-hybridized carbons (Fsp3) is 0.231. The minimum atomic E-state index is -4.30. The SMILES string of the molecule is CC(C=Cc1ccc(C(F)(F)F)cc1)=CCO. The van der Waals surface area contributed by atoms with Crippen LogP contribution in [0, 0.1) is 0 Å². The highest BCUT2D eigenvalue weighted by Gasteiger charge is 2.29. The molecule has 92 valence electrons. The molecule has 0 heterocycles. The van der Waals surface area contributed by atoms with E-state index >= 15 is 0 Å². The number of alkyl halides is 3. The molecule has 0 amide bonds. The predicted molar refractivity (Wildman–Crippen MR) is 61.3 cm³/mol. The maximum atomic E-state index is 12.3. The maximum Gasteiger partial charge on any atom is 0.416 e. The summed E-state index contributed by atoms with van der Waals surface area (Å²) in [7, 11) is 0. The van der Waals surface area contributed by atoms with Gasteiger partial charge < -0.3 is 5.11 Å². The number of allylic oxidation sites excluding steroid dienone is 2. The van der Waals surface area contributed by atoms with E-state index < -0.39 is 11.7 Å². The number of benzene rings is 1. The summed E-state index contributed by atoms with van der Waals surface area (Å²) in [6.45, 7) is 1.75. The third-order valence-electron chi connectivity index (χ3n) is 2.19. The summed E-state index contributed by atoms with van der Waals surface area (Å²) in [5.41, 5.74) is 0.883. The first-order chi connectivity index (χ1) is 7.93. The Morgan fingerprint density at radius 2 is 1.82 bits per heavy atom. The van der Waals surface area contributed by atoms with Crippen LogP contribution in [0.3, 0.4) is 0 Å². The van der Waals surface area contributed by atoms with Crippen molar-refractivity contribution < 1.29 is 18.3 Å². The average Bonchev–Trinajstić information content (AvgIpc) is 2.26. The second kappa shape index (κ2) is 5.68. The molecular weight excluding hydrogens is 229 g/mol. The molecule has 0 radical (unpaired) electrons. The van der Waals surface area contributed by atoms with E-state index in [9.17, 15) is 13.2 Å². The molecule has 0 aliphatic carbocycles. The Morgan fingerprint density at radius 1 is 1.24 bits per heavy atom. The molecule has 0 saturated carbocycles. The number of hydrogen-bond acceptors (Lipinski definition) is 1. The zero-order chi connectivity index (χ0) is 12.9. The van der Waals surface area contributed by atoms with Crippen molar-refractivity contribution in [2.45, 2.75) is 13.1 Å². The Morgan fingerprint density at radius 3 is 2.29 bits per heavy atom.